The minimum atomic E-state index is -1.04. The lowest BCUT2D eigenvalue weighted by Crippen LogP contribution is -2.58. The largest absolute Gasteiger partial charge is 0.382 e. The zero-order valence-electron chi connectivity index (χ0n) is 49.5. The van der Waals surface area contributed by atoms with Gasteiger partial charge in [-0.15, -0.1) is 0 Å². The van der Waals surface area contributed by atoms with E-state index in [1.54, 1.807) is 37.6 Å². The number of hydrogen-bond donors (Lipinski definition) is 4. The number of nitrogens with zero attached hydrogens (tertiary/aromatic N) is 9. The molecule has 13 rings (SSSR count). The van der Waals surface area contributed by atoms with Crippen LogP contribution in [0.5, 0.6) is 0 Å². The number of imidazole rings is 1. The second kappa shape index (κ2) is 22.5. The van der Waals surface area contributed by atoms with Gasteiger partial charge in [0.25, 0.3) is 23.6 Å². The second-order valence-electron chi connectivity index (χ2n) is 25.5. The zero-order valence-corrected chi connectivity index (χ0v) is 49.5. The van der Waals surface area contributed by atoms with Gasteiger partial charge >= 0.3 is 0 Å². The van der Waals surface area contributed by atoms with Crippen LogP contribution in [-0.2, 0) is 26.3 Å². The summed E-state index contributed by atoms with van der Waals surface area (Å²) in [6, 6.07) is 15.5. The molecule has 1 unspecified atom stereocenters. The van der Waals surface area contributed by atoms with Crippen molar-refractivity contribution in [3.05, 3.63) is 113 Å². The number of aromatic nitrogens is 5. The molecule has 0 bridgehead atoms. The average molecular weight is 1170 g/mol. The molecule has 21 heteroatoms. The monoisotopic (exact) mass is 1170 g/mol. The minimum absolute atomic E-state index is 0.00305. The van der Waals surface area contributed by atoms with Gasteiger partial charge in [-0.1, -0.05) is 24.6 Å². The van der Waals surface area contributed by atoms with Crippen molar-refractivity contribution in [2.75, 3.05) is 41.7 Å². The molecule has 3 aromatic heterocycles. The molecule has 20 nitrogen and oxygen atoms in total. The summed E-state index contributed by atoms with van der Waals surface area (Å²) in [7, 11) is 0. The number of anilines is 4. The van der Waals surface area contributed by atoms with Gasteiger partial charge in [-0.2, -0.15) is 5.10 Å². The van der Waals surface area contributed by atoms with Crippen molar-refractivity contribution >= 4 is 75.3 Å². The van der Waals surface area contributed by atoms with Crippen molar-refractivity contribution in [2.45, 2.75) is 166 Å². The number of amides is 7. The maximum atomic E-state index is 16.0. The molecule has 4 N–H and O–H groups in total. The quantitative estimate of drug-likeness (QED) is 0.0749. The van der Waals surface area contributed by atoms with E-state index in [0.29, 0.717) is 89.4 Å². The molecule has 1 spiro atoms. The Hall–Kier alpha value is -8.33. The SMILES string of the molecule is Cc1cc(F)c(Nc2nc(-c3ccc4c(c3)N(C3CC(N5CCCCC5)C3)C(=O)C43CCN(C(=O)c4cnn(CC5CCC(Nc6cccc7c6C(=O)N(C6CCC(=O)NC6=O)C7=O)CC5)c4)CC3)cc3ncn(C(C)C)c23)cc1C(=O)NC(C)C. The third-order valence-corrected chi connectivity index (χ3v) is 19.3. The molecule has 448 valence electrons. The van der Waals surface area contributed by atoms with Gasteiger partial charge in [0.1, 0.15) is 17.4 Å². The van der Waals surface area contributed by atoms with Crippen LogP contribution >= 0.6 is 0 Å². The molecule has 0 radical (unpaired) electrons. The van der Waals surface area contributed by atoms with E-state index in [9.17, 15) is 28.8 Å². The van der Waals surface area contributed by atoms with Crippen molar-refractivity contribution < 1.29 is 38.0 Å². The second-order valence-corrected chi connectivity index (χ2v) is 25.5. The number of benzene rings is 3. The number of rotatable bonds is 14. The molecule has 7 aliphatic rings. The Morgan fingerprint density at radius 3 is 2.34 bits per heavy atom. The predicted molar refractivity (Wildman–Crippen MR) is 322 cm³/mol. The van der Waals surface area contributed by atoms with Crippen molar-refractivity contribution in [3.8, 4) is 11.3 Å². The Morgan fingerprint density at radius 1 is 0.837 bits per heavy atom. The number of imide groups is 2. The van der Waals surface area contributed by atoms with Crippen LogP contribution in [0.3, 0.4) is 0 Å². The molecule has 2 saturated carbocycles. The Balaban J connectivity index is 0.702. The standard InChI is InChI=1S/C65H74FN13O7/c1-36(2)69-59(81)46-30-51(48(66)26-38(46)5)72-58-57-52(67-35-77(57)37(3)4)31-50(71-58)40-14-17-47-54(27-40)78(44-28-43(29-44)74-22-7-6-8-23-74)64(86)65(47)20-24-75(25-21-65)61(83)41-32-68-76(34-41)33-39-12-15-42(16-13-39)70-49-11-9-10-45-56(49)63(85)79(62(45)84)53-18-19-55(80)73-60(53)82/h9-11,14,17,26-27,30-32,34-37,39,42-44,53,70H,6-8,12-13,15-16,18-25,28-29,33H2,1-5H3,(H,69,81)(H,71,72)(H,73,80,82). The third kappa shape index (κ3) is 10.2. The minimum Gasteiger partial charge on any atom is -0.382 e. The number of halogens is 1. The van der Waals surface area contributed by atoms with Crippen LogP contribution < -0.4 is 26.2 Å². The van der Waals surface area contributed by atoms with Gasteiger partial charge in [0.05, 0.1) is 51.5 Å². The van der Waals surface area contributed by atoms with Gasteiger partial charge < -0.3 is 35.2 Å². The Bertz CT molecular complexity index is 3750. The molecule has 3 saturated heterocycles. The van der Waals surface area contributed by atoms with Gasteiger partial charge in [0, 0.05) is 85.0 Å². The lowest BCUT2D eigenvalue weighted by atomic mass is 9.73. The summed E-state index contributed by atoms with van der Waals surface area (Å²) >= 11 is 0. The molecular formula is C65H74FN13O7. The van der Waals surface area contributed by atoms with Crippen LogP contribution in [-0.4, -0.2) is 137 Å². The van der Waals surface area contributed by atoms with E-state index in [-0.39, 0.29) is 71.5 Å². The van der Waals surface area contributed by atoms with E-state index in [2.05, 4.69) is 48.3 Å². The van der Waals surface area contributed by atoms with Crippen LogP contribution in [0.2, 0.25) is 0 Å². The fourth-order valence-electron chi connectivity index (χ4n) is 14.6. The van der Waals surface area contributed by atoms with Crippen molar-refractivity contribution in [2.24, 2.45) is 5.92 Å². The highest BCUT2D eigenvalue weighted by Crippen LogP contribution is 2.52. The molecule has 8 heterocycles. The van der Waals surface area contributed by atoms with Crippen LogP contribution in [0, 0.1) is 18.7 Å². The first-order valence-electron chi connectivity index (χ1n) is 30.8. The summed E-state index contributed by atoms with van der Waals surface area (Å²) in [6.07, 6.45) is 15.1. The molecule has 7 amide bonds. The van der Waals surface area contributed by atoms with Crippen molar-refractivity contribution in [1.82, 2.24) is 49.6 Å². The van der Waals surface area contributed by atoms with E-state index < -0.39 is 40.9 Å². The first-order chi connectivity index (χ1) is 41.4. The summed E-state index contributed by atoms with van der Waals surface area (Å²) in [6.45, 7) is 13.1. The van der Waals surface area contributed by atoms with E-state index in [1.807, 2.05) is 60.2 Å². The lowest BCUT2D eigenvalue weighted by Gasteiger charge is -2.48. The van der Waals surface area contributed by atoms with E-state index >= 15 is 9.18 Å². The highest BCUT2D eigenvalue weighted by molar-refractivity contribution is 6.25. The molecule has 1 atom stereocenters. The number of fused-ring (bicyclic) bond motifs is 4. The molecule has 5 fully saturated rings. The lowest BCUT2D eigenvalue weighted by molar-refractivity contribution is -0.136. The Morgan fingerprint density at radius 2 is 1.60 bits per heavy atom. The summed E-state index contributed by atoms with van der Waals surface area (Å²) < 4.78 is 19.8. The maximum absolute atomic E-state index is 16.0. The van der Waals surface area contributed by atoms with Gasteiger partial charge in [-0.05, 0) is 172 Å². The van der Waals surface area contributed by atoms with Crippen LogP contribution in [0.1, 0.15) is 170 Å². The first-order valence-corrected chi connectivity index (χ1v) is 30.8. The number of likely N-dealkylation sites (tertiary alicyclic amines) is 2. The normalized spacial score (nSPS) is 23.1. The number of hydrogen-bond acceptors (Lipinski definition) is 13. The summed E-state index contributed by atoms with van der Waals surface area (Å²) in [5, 5.41) is 16.6. The van der Waals surface area contributed by atoms with Gasteiger partial charge in [-0.3, -0.25) is 48.5 Å². The summed E-state index contributed by atoms with van der Waals surface area (Å²) in [5.74, 6) is -2.32. The number of carbonyl (C=O) groups is 7. The fraction of sp³-hybridized carbons (Fsp3) is 0.477. The highest BCUT2D eigenvalue weighted by Gasteiger charge is 2.56. The van der Waals surface area contributed by atoms with Crippen LogP contribution in [0.25, 0.3) is 22.3 Å². The number of aryl methyl sites for hydroxylation is 1. The highest BCUT2D eigenvalue weighted by atomic mass is 19.1. The van der Waals surface area contributed by atoms with Gasteiger partial charge in [0.2, 0.25) is 17.7 Å². The van der Waals surface area contributed by atoms with Crippen LogP contribution in [0.4, 0.5) is 27.3 Å². The van der Waals surface area contributed by atoms with Crippen molar-refractivity contribution in [1.29, 1.82) is 0 Å². The van der Waals surface area contributed by atoms with E-state index in [1.165, 1.54) is 31.4 Å². The molecule has 2 aliphatic carbocycles. The molecular weight excluding hydrogens is 1090 g/mol. The van der Waals surface area contributed by atoms with Crippen LogP contribution in [0.15, 0.2) is 73.3 Å². The topological polar surface area (TPSA) is 229 Å². The molecule has 6 aromatic rings. The van der Waals surface area contributed by atoms with Crippen molar-refractivity contribution in [3.63, 3.8) is 0 Å². The number of carbonyl (C=O) groups excluding carboxylic acids is 7. The number of pyridine rings is 1. The molecule has 5 aliphatic heterocycles. The Labute approximate surface area is 498 Å². The maximum Gasteiger partial charge on any atom is 0.264 e. The van der Waals surface area contributed by atoms with Gasteiger partial charge in [-0.25, -0.2) is 14.4 Å². The van der Waals surface area contributed by atoms with E-state index in [0.717, 1.165) is 73.3 Å². The number of nitrogens with one attached hydrogen (secondary N) is 4. The molecule has 86 heavy (non-hydrogen) atoms. The smallest absolute Gasteiger partial charge is 0.264 e. The van der Waals surface area contributed by atoms with Gasteiger partial charge in [0.15, 0.2) is 5.82 Å². The first kappa shape index (κ1) is 56.8. The zero-order chi connectivity index (χ0) is 59.9. The summed E-state index contributed by atoms with van der Waals surface area (Å²) in [5.41, 5.74) is 6.22. The fourth-order valence-corrected chi connectivity index (χ4v) is 14.6. The average Bonchev–Trinajstić information content (AvgIpc) is 1.60. The summed E-state index contributed by atoms with van der Waals surface area (Å²) in [4.78, 5) is 112. The number of piperidine rings is 3. The predicted octanol–water partition coefficient (Wildman–Crippen LogP) is 8.81. The Kier molecular flexibility index (Phi) is 14.9. The third-order valence-electron chi connectivity index (χ3n) is 19.3. The molecule has 3 aromatic carbocycles. The van der Waals surface area contributed by atoms with E-state index in [4.69, 9.17) is 9.97 Å².